The average molecular weight is 232 g/mol. The minimum Gasteiger partial charge on any atom is -0.326 e. The molecule has 2 rings (SSSR count). The van der Waals surface area contributed by atoms with E-state index in [1.807, 2.05) is 24.3 Å². The fourth-order valence-electron chi connectivity index (χ4n) is 2.49. The van der Waals surface area contributed by atoms with Crippen molar-refractivity contribution in [1.29, 1.82) is 0 Å². The van der Waals surface area contributed by atoms with Crippen molar-refractivity contribution < 1.29 is 4.79 Å². The molecule has 0 aromatic heterocycles. The molecule has 2 unspecified atom stereocenters. The van der Waals surface area contributed by atoms with Crippen LogP contribution < -0.4 is 11.1 Å². The van der Waals surface area contributed by atoms with Crippen LogP contribution in [0.2, 0.25) is 0 Å². The van der Waals surface area contributed by atoms with Gasteiger partial charge in [-0.2, -0.15) is 0 Å². The zero-order valence-corrected chi connectivity index (χ0v) is 10.3. The molecule has 1 aromatic rings. The van der Waals surface area contributed by atoms with Gasteiger partial charge in [-0.15, -0.1) is 0 Å². The first kappa shape index (κ1) is 12.1. The van der Waals surface area contributed by atoms with Gasteiger partial charge in [0.05, 0.1) is 0 Å². The minimum absolute atomic E-state index is 0.162. The molecule has 1 amide bonds. The number of hydrogen-bond donors (Lipinski definition) is 2. The Bertz CT molecular complexity index is 386. The van der Waals surface area contributed by atoms with Crippen LogP contribution in [0.5, 0.6) is 0 Å². The van der Waals surface area contributed by atoms with E-state index in [4.69, 9.17) is 5.73 Å². The van der Waals surface area contributed by atoms with Crippen LogP contribution in [0.25, 0.3) is 0 Å². The standard InChI is InChI=1S/C14H20N2O/c1-10-3-2-4-13(10)14(17)16-12-7-5-11(9-15)6-8-12/h5-8,10,13H,2-4,9,15H2,1H3,(H,16,17). The summed E-state index contributed by atoms with van der Waals surface area (Å²) in [6, 6.07) is 7.74. The predicted molar refractivity (Wildman–Crippen MR) is 69.5 cm³/mol. The Morgan fingerprint density at radius 1 is 1.35 bits per heavy atom. The van der Waals surface area contributed by atoms with E-state index < -0.39 is 0 Å². The Labute approximate surface area is 102 Å². The highest BCUT2D eigenvalue weighted by Crippen LogP contribution is 2.32. The van der Waals surface area contributed by atoms with Crippen molar-refractivity contribution in [2.75, 3.05) is 5.32 Å². The lowest BCUT2D eigenvalue weighted by molar-refractivity contribution is -0.120. The summed E-state index contributed by atoms with van der Waals surface area (Å²) in [6.45, 7) is 2.70. The van der Waals surface area contributed by atoms with Gasteiger partial charge in [-0.25, -0.2) is 0 Å². The number of anilines is 1. The third-order valence-corrected chi connectivity index (χ3v) is 3.66. The number of rotatable bonds is 3. The molecule has 3 N–H and O–H groups in total. The topological polar surface area (TPSA) is 55.1 Å². The Hall–Kier alpha value is -1.35. The second-order valence-electron chi connectivity index (χ2n) is 4.90. The summed E-state index contributed by atoms with van der Waals surface area (Å²) in [5.74, 6) is 0.859. The molecule has 17 heavy (non-hydrogen) atoms. The van der Waals surface area contributed by atoms with Gasteiger partial charge in [0.1, 0.15) is 0 Å². The summed E-state index contributed by atoms with van der Waals surface area (Å²) in [5.41, 5.74) is 7.48. The summed E-state index contributed by atoms with van der Waals surface area (Å²) in [4.78, 5) is 12.0. The Morgan fingerprint density at radius 2 is 2.06 bits per heavy atom. The SMILES string of the molecule is CC1CCCC1C(=O)Nc1ccc(CN)cc1. The van der Waals surface area contributed by atoms with E-state index in [2.05, 4.69) is 12.2 Å². The fraction of sp³-hybridized carbons (Fsp3) is 0.500. The second kappa shape index (κ2) is 5.32. The molecule has 0 heterocycles. The van der Waals surface area contributed by atoms with Crippen LogP contribution in [-0.2, 0) is 11.3 Å². The first-order chi connectivity index (χ1) is 8.20. The van der Waals surface area contributed by atoms with Gasteiger partial charge in [0, 0.05) is 18.2 Å². The summed E-state index contributed by atoms with van der Waals surface area (Å²) < 4.78 is 0. The number of nitrogens with one attached hydrogen (secondary N) is 1. The van der Waals surface area contributed by atoms with Gasteiger partial charge < -0.3 is 11.1 Å². The second-order valence-corrected chi connectivity index (χ2v) is 4.90. The summed E-state index contributed by atoms with van der Waals surface area (Å²) in [5, 5.41) is 2.99. The molecule has 1 aliphatic carbocycles. The highest BCUT2D eigenvalue weighted by atomic mass is 16.1. The molecule has 0 aliphatic heterocycles. The van der Waals surface area contributed by atoms with Gasteiger partial charge in [0.15, 0.2) is 0 Å². The number of benzene rings is 1. The maximum atomic E-state index is 12.0. The van der Waals surface area contributed by atoms with Gasteiger partial charge in [0.25, 0.3) is 0 Å². The zero-order chi connectivity index (χ0) is 12.3. The molecule has 0 saturated heterocycles. The van der Waals surface area contributed by atoms with E-state index in [-0.39, 0.29) is 11.8 Å². The Kier molecular flexibility index (Phi) is 3.79. The third kappa shape index (κ3) is 2.86. The van der Waals surface area contributed by atoms with E-state index in [1.165, 1.54) is 12.8 Å². The summed E-state index contributed by atoms with van der Waals surface area (Å²) in [6.07, 6.45) is 3.36. The van der Waals surface area contributed by atoms with Gasteiger partial charge in [-0.1, -0.05) is 25.5 Å². The van der Waals surface area contributed by atoms with Crippen molar-refractivity contribution >= 4 is 11.6 Å². The molecule has 0 radical (unpaired) electrons. The molecule has 0 spiro atoms. The number of amides is 1. The first-order valence-corrected chi connectivity index (χ1v) is 6.30. The van der Waals surface area contributed by atoms with Crippen LogP contribution in [0.15, 0.2) is 24.3 Å². The monoisotopic (exact) mass is 232 g/mol. The fourth-order valence-corrected chi connectivity index (χ4v) is 2.49. The van der Waals surface area contributed by atoms with Gasteiger partial charge in [-0.05, 0) is 36.5 Å². The van der Waals surface area contributed by atoms with Crippen molar-refractivity contribution in [2.24, 2.45) is 17.6 Å². The highest BCUT2D eigenvalue weighted by Gasteiger charge is 2.29. The van der Waals surface area contributed by atoms with Crippen LogP contribution in [0.1, 0.15) is 31.7 Å². The molecule has 3 heteroatoms. The van der Waals surface area contributed by atoms with Crippen LogP contribution in [0, 0.1) is 11.8 Å². The molecular weight excluding hydrogens is 212 g/mol. The third-order valence-electron chi connectivity index (χ3n) is 3.66. The molecule has 3 nitrogen and oxygen atoms in total. The maximum absolute atomic E-state index is 12.0. The number of carbonyl (C=O) groups is 1. The van der Waals surface area contributed by atoms with Crippen molar-refractivity contribution in [1.82, 2.24) is 0 Å². The summed E-state index contributed by atoms with van der Waals surface area (Å²) in [7, 11) is 0. The van der Waals surface area contributed by atoms with Gasteiger partial charge in [-0.3, -0.25) is 4.79 Å². The van der Waals surface area contributed by atoms with Crippen molar-refractivity contribution in [3.05, 3.63) is 29.8 Å². The van der Waals surface area contributed by atoms with Crippen molar-refractivity contribution in [3.8, 4) is 0 Å². The normalized spacial score (nSPS) is 23.6. The molecule has 1 fully saturated rings. The Morgan fingerprint density at radius 3 is 2.59 bits per heavy atom. The van der Waals surface area contributed by atoms with Crippen molar-refractivity contribution in [2.45, 2.75) is 32.7 Å². The molecular formula is C14H20N2O. The van der Waals surface area contributed by atoms with E-state index >= 15 is 0 Å². The molecule has 1 aliphatic rings. The lowest BCUT2D eigenvalue weighted by Crippen LogP contribution is -2.24. The van der Waals surface area contributed by atoms with Crippen LogP contribution in [0.4, 0.5) is 5.69 Å². The molecule has 1 aromatic carbocycles. The molecule has 92 valence electrons. The van der Waals surface area contributed by atoms with Crippen molar-refractivity contribution in [3.63, 3.8) is 0 Å². The van der Waals surface area contributed by atoms with Gasteiger partial charge >= 0.3 is 0 Å². The lowest BCUT2D eigenvalue weighted by atomic mass is 9.97. The number of hydrogen-bond acceptors (Lipinski definition) is 2. The quantitative estimate of drug-likeness (QED) is 0.841. The Balaban J connectivity index is 1.97. The largest absolute Gasteiger partial charge is 0.326 e. The lowest BCUT2D eigenvalue weighted by Gasteiger charge is -2.15. The molecule has 2 atom stereocenters. The maximum Gasteiger partial charge on any atom is 0.227 e. The van der Waals surface area contributed by atoms with E-state index in [9.17, 15) is 4.79 Å². The zero-order valence-electron chi connectivity index (χ0n) is 10.3. The first-order valence-electron chi connectivity index (χ1n) is 6.30. The molecule has 0 bridgehead atoms. The van der Waals surface area contributed by atoms with Gasteiger partial charge in [0.2, 0.25) is 5.91 Å². The number of nitrogens with two attached hydrogens (primary N) is 1. The predicted octanol–water partition coefficient (Wildman–Crippen LogP) is 2.52. The highest BCUT2D eigenvalue weighted by molar-refractivity contribution is 5.92. The van der Waals surface area contributed by atoms with Crippen LogP contribution >= 0.6 is 0 Å². The summed E-state index contributed by atoms with van der Waals surface area (Å²) >= 11 is 0. The van der Waals surface area contributed by atoms with Crippen LogP contribution in [0.3, 0.4) is 0 Å². The van der Waals surface area contributed by atoms with Crippen LogP contribution in [-0.4, -0.2) is 5.91 Å². The average Bonchev–Trinajstić information content (AvgIpc) is 2.76. The number of carbonyl (C=O) groups excluding carboxylic acids is 1. The smallest absolute Gasteiger partial charge is 0.227 e. The van der Waals surface area contributed by atoms with E-state index in [0.29, 0.717) is 12.5 Å². The van der Waals surface area contributed by atoms with E-state index in [0.717, 1.165) is 17.7 Å². The minimum atomic E-state index is 0.162. The molecule has 1 saturated carbocycles. The van der Waals surface area contributed by atoms with E-state index in [1.54, 1.807) is 0 Å².